The molecule has 22 heavy (non-hydrogen) atoms. The van der Waals surface area contributed by atoms with Crippen LogP contribution in [0.2, 0.25) is 0 Å². The molecule has 0 atom stereocenters. The number of ketones is 1. The molecule has 2 aromatic rings. The number of nitrogens with zero attached hydrogens (tertiary/aromatic N) is 1. The summed E-state index contributed by atoms with van der Waals surface area (Å²) in [6.45, 7) is 4.37. The fraction of sp³-hybridized carbons (Fsp3) is 0.278. The Balaban J connectivity index is 1.80. The molecule has 4 nitrogen and oxygen atoms in total. The Morgan fingerprint density at radius 1 is 1.05 bits per heavy atom. The Hall–Kier alpha value is -2.49. The summed E-state index contributed by atoms with van der Waals surface area (Å²) >= 11 is 0. The number of hydrogen-bond donors (Lipinski definition) is 1. The van der Waals surface area contributed by atoms with Gasteiger partial charge in [0.05, 0.1) is 12.2 Å². The first-order chi connectivity index (χ1) is 10.6. The van der Waals surface area contributed by atoms with Gasteiger partial charge in [0.2, 0.25) is 5.91 Å². The van der Waals surface area contributed by atoms with Gasteiger partial charge in [-0.2, -0.15) is 0 Å². The van der Waals surface area contributed by atoms with E-state index in [0.717, 1.165) is 16.8 Å². The van der Waals surface area contributed by atoms with Crippen molar-refractivity contribution >= 4 is 11.7 Å². The molecule has 1 amide bonds. The minimum absolute atomic E-state index is 0.00362. The van der Waals surface area contributed by atoms with Gasteiger partial charge in [-0.15, -0.1) is 0 Å². The highest BCUT2D eigenvalue weighted by atomic mass is 16.2. The second-order valence-corrected chi connectivity index (χ2v) is 5.32. The molecule has 0 saturated heterocycles. The summed E-state index contributed by atoms with van der Waals surface area (Å²) in [6.07, 6.45) is 2.10. The molecule has 0 aliphatic rings. The first kappa shape index (κ1) is 15.9. The number of carbonyl (C=O) groups excluding carboxylic acids is 2. The number of aromatic nitrogens is 1. The number of benzene rings is 1. The maximum Gasteiger partial charge on any atom is 0.220 e. The number of carbonyl (C=O) groups is 2. The largest absolute Gasteiger partial charge is 0.350 e. The van der Waals surface area contributed by atoms with Crippen molar-refractivity contribution in [3.05, 3.63) is 65.0 Å². The number of Topliss-reactive ketones (excluding diaryl/α,β-unsaturated/α-hetero) is 1. The van der Waals surface area contributed by atoms with Crippen LogP contribution in [-0.2, 0) is 11.3 Å². The Bertz CT molecular complexity index is 666. The summed E-state index contributed by atoms with van der Waals surface area (Å²) in [6, 6.07) is 11.2. The highest BCUT2D eigenvalue weighted by molar-refractivity contribution is 5.98. The molecule has 0 saturated carbocycles. The number of pyridine rings is 1. The quantitative estimate of drug-likeness (QED) is 0.834. The third-order valence-electron chi connectivity index (χ3n) is 3.60. The lowest BCUT2D eigenvalue weighted by Crippen LogP contribution is -2.23. The van der Waals surface area contributed by atoms with Crippen LogP contribution in [0.15, 0.2) is 42.6 Å². The molecule has 0 aliphatic heterocycles. The summed E-state index contributed by atoms with van der Waals surface area (Å²) < 4.78 is 0. The summed E-state index contributed by atoms with van der Waals surface area (Å²) in [5, 5.41) is 2.77. The Labute approximate surface area is 130 Å². The predicted molar refractivity (Wildman–Crippen MR) is 85.6 cm³/mol. The number of hydrogen-bond acceptors (Lipinski definition) is 3. The van der Waals surface area contributed by atoms with E-state index in [2.05, 4.69) is 10.3 Å². The number of aryl methyl sites for hydroxylation is 2. The molecule has 1 heterocycles. The van der Waals surface area contributed by atoms with Crippen LogP contribution in [0.1, 0.15) is 40.0 Å². The van der Waals surface area contributed by atoms with E-state index in [1.807, 2.05) is 50.2 Å². The molecule has 1 aromatic heterocycles. The van der Waals surface area contributed by atoms with Crippen molar-refractivity contribution < 1.29 is 9.59 Å². The maximum atomic E-state index is 12.1. The van der Waals surface area contributed by atoms with Crippen LogP contribution in [0.25, 0.3) is 0 Å². The zero-order valence-electron chi connectivity index (χ0n) is 12.9. The van der Waals surface area contributed by atoms with E-state index >= 15 is 0 Å². The van der Waals surface area contributed by atoms with E-state index in [-0.39, 0.29) is 24.5 Å². The minimum Gasteiger partial charge on any atom is -0.350 e. The third kappa shape index (κ3) is 4.52. The van der Waals surface area contributed by atoms with Crippen molar-refractivity contribution in [3.8, 4) is 0 Å². The molecule has 1 aromatic carbocycles. The highest BCUT2D eigenvalue weighted by Crippen LogP contribution is 2.12. The molecule has 4 heteroatoms. The standard InChI is InChI=1S/C18H20N2O2/c1-13-6-7-15(11-14(13)2)17(21)8-9-18(22)20-12-16-5-3-4-10-19-16/h3-7,10-11H,8-9,12H2,1-2H3,(H,20,22). The summed E-state index contributed by atoms with van der Waals surface area (Å²) in [5.41, 5.74) is 3.71. The van der Waals surface area contributed by atoms with Crippen LogP contribution in [0, 0.1) is 13.8 Å². The molecule has 114 valence electrons. The van der Waals surface area contributed by atoms with Crippen LogP contribution >= 0.6 is 0 Å². The number of amides is 1. The monoisotopic (exact) mass is 296 g/mol. The van der Waals surface area contributed by atoms with Crippen LogP contribution in [0.5, 0.6) is 0 Å². The van der Waals surface area contributed by atoms with E-state index in [4.69, 9.17) is 0 Å². The molecule has 0 radical (unpaired) electrons. The van der Waals surface area contributed by atoms with Crippen LogP contribution in [0.3, 0.4) is 0 Å². The van der Waals surface area contributed by atoms with Crippen molar-refractivity contribution in [2.45, 2.75) is 33.2 Å². The Kier molecular flexibility index (Phi) is 5.42. The average molecular weight is 296 g/mol. The molecule has 0 aliphatic carbocycles. The highest BCUT2D eigenvalue weighted by Gasteiger charge is 2.10. The van der Waals surface area contributed by atoms with Gasteiger partial charge in [0, 0.05) is 24.6 Å². The maximum absolute atomic E-state index is 12.1. The van der Waals surface area contributed by atoms with Crippen LogP contribution < -0.4 is 5.32 Å². The van der Waals surface area contributed by atoms with Crippen LogP contribution in [-0.4, -0.2) is 16.7 Å². The molecule has 0 fully saturated rings. The van der Waals surface area contributed by atoms with Gasteiger partial charge in [0.1, 0.15) is 0 Å². The Morgan fingerprint density at radius 3 is 2.55 bits per heavy atom. The minimum atomic E-state index is -0.136. The molecular weight excluding hydrogens is 276 g/mol. The molecule has 0 spiro atoms. The van der Waals surface area contributed by atoms with E-state index < -0.39 is 0 Å². The summed E-state index contributed by atoms with van der Waals surface area (Å²) in [7, 11) is 0. The van der Waals surface area contributed by atoms with Gasteiger partial charge in [-0.25, -0.2) is 0 Å². The van der Waals surface area contributed by atoms with Crippen molar-refractivity contribution in [1.29, 1.82) is 0 Å². The first-order valence-corrected chi connectivity index (χ1v) is 7.33. The van der Waals surface area contributed by atoms with E-state index in [9.17, 15) is 9.59 Å². The first-order valence-electron chi connectivity index (χ1n) is 7.33. The zero-order chi connectivity index (χ0) is 15.9. The number of rotatable bonds is 6. The smallest absolute Gasteiger partial charge is 0.220 e. The third-order valence-corrected chi connectivity index (χ3v) is 3.60. The van der Waals surface area contributed by atoms with Gasteiger partial charge in [-0.1, -0.05) is 18.2 Å². The fourth-order valence-corrected chi connectivity index (χ4v) is 2.07. The SMILES string of the molecule is Cc1ccc(C(=O)CCC(=O)NCc2ccccn2)cc1C. The van der Waals surface area contributed by atoms with Gasteiger partial charge >= 0.3 is 0 Å². The normalized spacial score (nSPS) is 10.3. The average Bonchev–Trinajstić information content (AvgIpc) is 2.54. The fourth-order valence-electron chi connectivity index (χ4n) is 2.07. The summed E-state index contributed by atoms with van der Waals surface area (Å²) in [4.78, 5) is 28.0. The van der Waals surface area contributed by atoms with Gasteiger partial charge in [-0.3, -0.25) is 14.6 Å². The van der Waals surface area contributed by atoms with E-state index in [0.29, 0.717) is 12.1 Å². The van der Waals surface area contributed by atoms with Crippen molar-refractivity contribution in [2.24, 2.45) is 0 Å². The second-order valence-electron chi connectivity index (χ2n) is 5.32. The molecular formula is C18H20N2O2. The summed E-state index contributed by atoms with van der Waals surface area (Å²) in [5.74, 6) is -0.140. The Morgan fingerprint density at radius 2 is 1.86 bits per heavy atom. The van der Waals surface area contributed by atoms with Gasteiger partial charge in [0.15, 0.2) is 5.78 Å². The predicted octanol–water partition coefficient (Wildman–Crippen LogP) is 2.98. The van der Waals surface area contributed by atoms with Crippen LogP contribution in [0.4, 0.5) is 0 Å². The lowest BCUT2D eigenvalue weighted by atomic mass is 10.0. The molecule has 0 bridgehead atoms. The van der Waals surface area contributed by atoms with Gasteiger partial charge in [0.25, 0.3) is 0 Å². The molecule has 1 N–H and O–H groups in total. The van der Waals surface area contributed by atoms with Gasteiger partial charge < -0.3 is 5.32 Å². The molecule has 2 rings (SSSR count). The number of nitrogens with one attached hydrogen (secondary N) is 1. The molecule has 0 unspecified atom stereocenters. The van der Waals surface area contributed by atoms with Crippen molar-refractivity contribution in [3.63, 3.8) is 0 Å². The van der Waals surface area contributed by atoms with E-state index in [1.165, 1.54) is 0 Å². The van der Waals surface area contributed by atoms with Crippen molar-refractivity contribution in [2.75, 3.05) is 0 Å². The lowest BCUT2D eigenvalue weighted by Gasteiger charge is -2.06. The topological polar surface area (TPSA) is 59.1 Å². The lowest BCUT2D eigenvalue weighted by molar-refractivity contribution is -0.121. The zero-order valence-corrected chi connectivity index (χ0v) is 12.9. The second kappa shape index (κ2) is 7.50. The van der Waals surface area contributed by atoms with E-state index in [1.54, 1.807) is 6.20 Å². The van der Waals surface area contributed by atoms with Gasteiger partial charge in [-0.05, 0) is 43.2 Å². The van der Waals surface area contributed by atoms with Crippen molar-refractivity contribution in [1.82, 2.24) is 10.3 Å².